The van der Waals surface area contributed by atoms with Gasteiger partial charge in [-0.3, -0.25) is 9.88 Å². The van der Waals surface area contributed by atoms with Gasteiger partial charge in [0.25, 0.3) is 0 Å². The van der Waals surface area contributed by atoms with Crippen LogP contribution in [0, 0.1) is 11.8 Å². The van der Waals surface area contributed by atoms with Crippen molar-refractivity contribution in [2.45, 2.75) is 37.8 Å². The molecule has 0 amide bonds. The normalized spacial score (nSPS) is 43.4. The maximum Gasteiger partial charge on any atom is 0.0286 e. The van der Waals surface area contributed by atoms with Gasteiger partial charge in [-0.1, -0.05) is 0 Å². The van der Waals surface area contributed by atoms with Gasteiger partial charge in [-0.15, -0.1) is 0 Å². The number of pyridine rings is 1. The molecule has 3 aliphatic rings. The van der Waals surface area contributed by atoms with Crippen molar-refractivity contribution < 1.29 is 0 Å². The Morgan fingerprint density at radius 1 is 1.12 bits per heavy atom. The summed E-state index contributed by atoms with van der Waals surface area (Å²) in [6.45, 7) is 1.27. The van der Waals surface area contributed by atoms with Crippen LogP contribution < -0.4 is 0 Å². The first-order valence-corrected chi connectivity index (χ1v) is 6.58. The van der Waals surface area contributed by atoms with Gasteiger partial charge < -0.3 is 0 Å². The molecule has 0 aromatic carbocycles. The molecule has 0 N–H and O–H groups in total. The maximum atomic E-state index is 4.07. The molecule has 16 heavy (non-hydrogen) atoms. The van der Waals surface area contributed by atoms with Gasteiger partial charge >= 0.3 is 0 Å². The minimum atomic E-state index is 0.987. The highest BCUT2D eigenvalue weighted by atomic mass is 15.4. The lowest BCUT2D eigenvalue weighted by atomic mass is 10.0. The monoisotopic (exact) mass is 214 g/mol. The van der Waals surface area contributed by atoms with Crippen LogP contribution in [0.25, 0.3) is 0 Å². The van der Waals surface area contributed by atoms with Crippen LogP contribution in [0.5, 0.6) is 0 Å². The highest BCUT2D eigenvalue weighted by Crippen LogP contribution is 2.58. The highest BCUT2D eigenvalue weighted by molar-refractivity contribution is 5.19. The first kappa shape index (κ1) is 9.17. The molecule has 2 saturated carbocycles. The number of piperidine rings is 1. The summed E-state index contributed by atoms with van der Waals surface area (Å²) in [5.41, 5.74) is 1.44. The minimum Gasteiger partial charge on any atom is -0.293 e. The Bertz CT molecular complexity index is 373. The number of nitrogens with zero attached hydrogens (tertiary/aromatic N) is 2. The maximum absolute atomic E-state index is 4.07. The van der Waals surface area contributed by atoms with Gasteiger partial charge in [-0.25, -0.2) is 0 Å². The van der Waals surface area contributed by atoms with Crippen molar-refractivity contribution >= 4 is 0 Å². The second kappa shape index (κ2) is 3.30. The van der Waals surface area contributed by atoms with Crippen LogP contribution in [0.1, 0.15) is 24.8 Å². The lowest BCUT2D eigenvalue weighted by molar-refractivity contribution is 0.362. The molecule has 0 spiro atoms. The van der Waals surface area contributed by atoms with Crippen molar-refractivity contribution in [1.29, 1.82) is 0 Å². The van der Waals surface area contributed by atoms with E-state index in [9.17, 15) is 0 Å². The lowest BCUT2D eigenvalue weighted by Crippen LogP contribution is -2.15. The summed E-state index contributed by atoms with van der Waals surface area (Å²) < 4.78 is 0. The number of aromatic nitrogens is 1. The fourth-order valence-corrected chi connectivity index (χ4v) is 4.20. The Balaban J connectivity index is 1.38. The number of rotatable bonds is 3. The predicted molar refractivity (Wildman–Crippen MR) is 63.1 cm³/mol. The fraction of sp³-hybridized carbons (Fsp3) is 0.643. The Kier molecular flexibility index (Phi) is 1.89. The molecule has 1 saturated heterocycles. The second-order valence-corrected chi connectivity index (χ2v) is 5.66. The third kappa shape index (κ3) is 1.26. The van der Waals surface area contributed by atoms with E-state index >= 15 is 0 Å². The molecular weight excluding hydrogens is 196 g/mol. The molecule has 1 aromatic heterocycles. The molecule has 0 radical (unpaired) electrons. The molecule has 1 aromatic rings. The fourth-order valence-electron chi connectivity index (χ4n) is 4.20. The van der Waals surface area contributed by atoms with Crippen molar-refractivity contribution in [3.05, 3.63) is 30.1 Å². The smallest absolute Gasteiger partial charge is 0.0286 e. The third-order valence-corrected chi connectivity index (χ3v) is 4.91. The predicted octanol–water partition coefficient (Wildman–Crippen LogP) is 2.11. The number of hydrogen-bond donors (Lipinski definition) is 0. The topological polar surface area (TPSA) is 15.9 Å². The van der Waals surface area contributed by atoms with Gasteiger partial charge in [0, 0.05) is 31.0 Å². The van der Waals surface area contributed by atoms with E-state index in [1.54, 1.807) is 6.42 Å². The molecule has 2 heterocycles. The first-order chi connectivity index (χ1) is 7.93. The van der Waals surface area contributed by atoms with Gasteiger partial charge in [0.15, 0.2) is 0 Å². The molecule has 4 unspecified atom stereocenters. The molecule has 2 bridgehead atoms. The molecule has 2 heteroatoms. The quantitative estimate of drug-likeness (QED) is 0.716. The van der Waals surface area contributed by atoms with Gasteiger partial charge in [0.1, 0.15) is 0 Å². The number of fused-ring (bicyclic) bond motifs is 5. The zero-order chi connectivity index (χ0) is 10.5. The summed E-state index contributed by atoms with van der Waals surface area (Å²) in [6, 6.07) is 6.27. The van der Waals surface area contributed by atoms with E-state index < -0.39 is 0 Å². The lowest BCUT2D eigenvalue weighted by Gasteiger charge is -2.11. The van der Waals surface area contributed by atoms with E-state index in [0.29, 0.717) is 0 Å². The van der Waals surface area contributed by atoms with E-state index in [1.165, 1.54) is 31.4 Å². The van der Waals surface area contributed by atoms with Gasteiger partial charge in [0.2, 0.25) is 0 Å². The molecular formula is C14H18N2. The number of likely N-dealkylation sites (tertiary alicyclic amines) is 1. The summed E-state index contributed by atoms with van der Waals surface area (Å²) in [6.07, 6.45) is 9.58. The van der Waals surface area contributed by atoms with Crippen molar-refractivity contribution in [2.75, 3.05) is 6.54 Å². The average molecular weight is 214 g/mol. The molecule has 1 aliphatic heterocycles. The summed E-state index contributed by atoms with van der Waals surface area (Å²) in [4.78, 5) is 6.82. The molecule has 3 fully saturated rings. The Morgan fingerprint density at radius 3 is 2.50 bits per heavy atom. The largest absolute Gasteiger partial charge is 0.293 e. The van der Waals surface area contributed by atoms with Crippen LogP contribution in [0.2, 0.25) is 0 Å². The van der Waals surface area contributed by atoms with Crippen LogP contribution in [0.4, 0.5) is 0 Å². The van der Waals surface area contributed by atoms with Gasteiger partial charge in [-0.05, 0) is 55.2 Å². The Labute approximate surface area is 96.7 Å². The van der Waals surface area contributed by atoms with Crippen molar-refractivity contribution in [3.8, 4) is 0 Å². The standard InChI is InChI=1S/C14H18N2/c1-2-12-9-11(1)13-14(12)16(13)8-5-10-3-6-15-7-4-10/h3-4,6-7,11-14H,1-2,5,8-9H2. The van der Waals surface area contributed by atoms with Crippen LogP contribution in [-0.2, 0) is 6.42 Å². The van der Waals surface area contributed by atoms with E-state index in [1.807, 2.05) is 12.4 Å². The van der Waals surface area contributed by atoms with E-state index in [4.69, 9.17) is 0 Å². The van der Waals surface area contributed by atoms with Crippen LogP contribution in [0.3, 0.4) is 0 Å². The van der Waals surface area contributed by atoms with Crippen molar-refractivity contribution in [1.82, 2.24) is 9.88 Å². The van der Waals surface area contributed by atoms with Crippen LogP contribution in [-0.4, -0.2) is 28.5 Å². The minimum absolute atomic E-state index is 0.987. The van der Waals surface area contributed by atoms with Crippen LogP contribution in [0.15, 0.2) is 24.5 Å². The molecule has 2 nitrogen and oxygen atoms in total. The third-order valence-electron chi connectivity index (χ3n) is 4.91. The van der Waals surface area contributed by atoms with Gasteiger partial charge in [-0.2, -0.15) is 0 Å². The van der Waals surface area contributed by atoms with Crippen molar-refractivity contribution in [2.24, 2.45) is 11.8 Å². The van der Waals surface area contributed by atoms with E-state index in [2.05, 4.69) is 22.0 Å². The Hall–Kier alpha value is -0.890. The molecule has 4 atom stereocenters. The van der Waals surface area contributed by atoms with Gasteiger partial charge in [0.05, 0.1) is 0 Å². The zero-order valence-corrected chi connectivity index (χ0v) is 9.55. The Morgan fingerprint density at radius 2 is 1.81 bits per heavy atom. The molecule has 84 valence electrons. The summed E-state index contributed by atoms with van der Waals surface area (Å²) in [5, 5.41) is 0. The van der Waals surface area contributed by atoms with Crippen molar-refractivity contribution in [3.63, 3.8) is 0 Å². The summed E-state index contributed by atoms with van der Waals surface area (Å²) >= 11 is 0. The zero-order valence-electron chi connectivity index (χ0n) is 9.55. The van der Waals surface area contributed by atoms with E-state index in [0.717, 1.165) is 23.9 Å². The highest BCUT2D eigenvalue weighted by Gasteiger charge is 2.62. The first-order valence-electron chi connectivity index (χ1n) is 6.58. The summed E-state index contributed by atoms with van der Waals surface area (Å²) in [5.74, 6) is 2.12. The molecule has 4 rings (SSSR count). The SMILES string of the molecule is c1cc(CCN2C3C4CCC(C4)C32)ccn1. The van der Waals surface area contributed by atoms with E-state index in [-0.39, 0.29) is 0 Å². The molecule has 2 aliphatic carbocycles. The van der Waals surface area contributed by atoms with Crippen LogP contribution >= 0.6 is 0 Å². The summed E-state index contributed by atoms with van der Waals surface area (Å²) in [7, 11) is 0. The second-order valence-electron chi connectivity index (χ2n) is 5.66. The number of hydrogen-bond acceptors (Lipinski definition) is 2. The average Bonchev–Trinajstić information content (AvgIpc) is 2.72.